The van der Waals surface area contributed by atoms with Crippen LogP contribution in [0.1, 0.15) is 37.9 Å². The standard InChI is InChI=1S/C15H21N3O/c1-3-17-9-5-4-6-14(17)18-13-8-7-11(2)10-12(13)16-15(18)19/h7-8,10,14H,3-6,9H2,1-2H3,(H,16,19). The summed E-state index contributed by atoms with van der Waals surface area (Å²) in [7, 11) is 0. The molecule has 0 bridgehead atoms. The van der Waals surface area contributed by atoms with Crippen molar-refractivity contribution in [3.8, 4) is 0 Å². The summed E-state index contributed by atoms with van der Waals surface area (Å²) < 4.78 is 1.94. The van der Waals surface area contributed by atoms with Gasteiger partial charge < -0.3 is 4.98 Å². The SMILES string of the molecule is CCN1CCCCC1n1c(=O)[nH]c2cc(C)ccc21. The fourth-order valence-corrected chi connectivity index (χ4v) is 3.18. The van der Waals surface area contributed by atoms with Gasteiger partial charge in [-0.25, -0.2) is 4.79 Å². The predicted molar refractivity (Wildman–Crippen MR) is 77.4 cm³/mol. The number of hydrogen-bond donors (Lipinski definition) is 1. The highest BCUT2D eigenvalue weighted by atomic mass is 16.1. The second-order valence-electron chi connectivity index (χ2n) is 5.43. The summed E-state index contributed by atoms with van der Waals surface area (Å²) in [4.78, 5) is 17.7. The van der Waals surface area contributed by atoms with Crippen molar-refractivity contribution in [1.82, 2.24) is 14.5 Å². The third-order valence-electron chi connectivity index (χ3n) is 4.16. The molecular weight excluding hydrogens is 238 g/mol. The third kappa shape index (κ3) is 2.10. The second kappa shape index (κ2) is 4.85. The number of nitrogens with zero attached hydrogens (tertiary/aromatic N) is 2. The van der Waals surface area contributed by atoms with Crippen molar-refractivity contribution in [3.63, 3.8) is 0 Å². The molecule has 1 saturated heterocycles. The van der Waals surface area contributed by atoms with Crippen molar-refractivity contribution in [3.05, 3.63) is 34.2 Å². The maximum atomic E-state index is 12.3. The molecule has 1 fully saturated rings. The number of aromatic nitrogens is 2. The number of aromatic amines is 1. The van der Waals surface area contributed by atoms with Gasteiger partial charge in [-0.15, -0.1) is 0 Å². The Morgan fingerprint density at radius 2 is 2.21 bits per heavy atom. The number of benzene rings is 1. The Balaban J connectivity index is 2.13. The Labute approximate surface area is 113 Å². The Morgan fingerprint density at radius 1 is 1.37 bits per heavy atom. The van der Waals surface area contributed by atoms with Crippen LogP contribution in [0.5, 0.6) is 0 Å². The summed E-state index contributed by atoms with van der Waals surface area (Å²) in [6, 6.07) is 6.18. The first-order chi connectivity index (χ1) is 9.20. The zero-order valence-corrected chi connectivity index (χ0v) is 11.6. The maximum absolute atomic E-state index is 12.3. The monoisotopic (exact) mass is 259 g/mol. The van der Waals surface area contributed by atoms with Crippen LogP contribution in [-0.4, -0.2) is 27.5 Å². The van der Waals surface area contributed by atoms with Crippen molar-refractivity contribution >= 4 is 11.0 Å². The van der Waals surface area contributed by atoms with Gasteiger partial charge in [-0.3, -0.25) is 9.47 Å². The van der Waals surface area contributed by atoms with E-state index in [0.717, 1.165) is 30.5 Å². The molecule has 0 aliphatic carbocycles. The normalized spacial score (nSPS) is 21.1. The highest BCUT2D eigenvalue weighted by molar-refractivity contribution is 5.76. The molecule has 1 aliphatic rings. The summed E-state index contributed by atoms with van der Waals surface area (Å²) >= 11 is 0. The largest absolute Gasteiger partial charge is 0.327 e. The molecule has 19 heavy (non-hydrogen) atoms. The van der Waals surface area contributed by atoms with Crippen molar-refractivity contribution in [2.75, 3.05) is 13.1 Å². The number of imidazole rings is 1. The lowest BCUT2D eigenvalue weighted by Crippen LogP contribution is -2.40. The van der Waals surface area contributed by atoms with Crippen LogP contribution in [0.2, 0.25) is 0 Å². The first kappa shape index (κ1) is 12.5. The van der Waals surface area contributed by atoms with Crippen LogP contribution in [0.15, 0.2) is 23.0 Å². The van der Waals surface area contributed by atoms with Gasteiger partial charge in [0, 0.05) is 6.54 Å². The van der Waals surface area contributed by atoms with Crippen molar-refractivity contribution in [2.45, 2.75) is 39.3 Å². The van der Waals surface area contributed by atoms with E-state index in [1.54, 1.807) is 0 Å². The van der Waals surface area contributed by atoms with Crippen LogP contribution in [0.4, 0.5) is 0 Å². The summed E-state index contributed by atoms with van der Waals surface area (Å²) in [5.74, 6) is 0. The lowest BCUT2D eigenvalue weighted by atomic mass is 10.1. The smallest absolute Gasteiger partial charge is 0.305 e. The Morgan fingerprint density at radius 3 is 3.00 bits per heavy atom. The molecule has 3 rings (SSSR count). The molecule has 0 spiro atoms. The topological polar surface area (TPSA) is 41.0 Å². The molecule has 1 unspecified atom stereocenters. The number of fused-ring (bicyclic) bond motifs is 1. The van der Waals surface area contributed by atoms with E-state index in [9.17, 15) is 4.79 Å². The number of aryl methyl sites for hydroxylation is 1. The molecular formula is C15H21N3O. The molecule has 1 aromatic carbocycles. The van der Waals surface area contributed by atoms with Crippen LogP contribution in [0, 0.1) is 6.92 Å². The van der Waals surface area contributed by atoms with Crippen molar-refractivity contribution < 1.29 is 0 Å². The van der Waals surface area contributed by atoms with Crippen LogP contribution in [0.3, 0.4) is 0 Å². The van der Waals surface area contributed by atoms with Gasteiger partial charge in [-0.05, 0) is 50.4 Å². The zero-order chi connectivity index (χ0) is 13.4. The van der Waals surface area contributed by atoms with E-state index in [1.165, 1.54) is 18.4 Å². The fraction of sp³-hybridized carbons (Fsp3) is 0.533. The van der Waals surface area contributed by atoms with E-state index in [1.807, 2.05) is 17.6 Å². The molecule has 1 atom stereocenters. The second-order valence-corrected chi connectivity index (χ2v) is 5.43. The lowest BCUT2D eigenvalue weighted by Gasteiger charge is -2.35. The average molecular weight is 259 g/mol. The van der Waals surface area contributed by atoms with Gasteiger partial charge in [-0.1, -0.05) is 13.0 Å². The predicted octanol–water partition coefficient (Wildman–Crippen LogP) is 2.64. The minimum Gasteiger partial charge on any atom is -0.305 e. The average Bonchev–Trinajstić information content (AvgIpc) is 2.73. The van der Waals surface area contributed by atoms with Crippen molar-refractivity contribution in [2.24, 2.45) is 0 Å². The lowest BCUT2D eigenvalue weighted by molar-refractivity contribution is 0.103. The summed E-state index contributed by atoms with van der Waals surface area (Å²) in [5, 5.41) is 0. The molecule has 0 saturated carbocycles. The van der Waals surface area contributed by atoms with Crippen LogP contribution in [0.25, 0.3) is 11.0 Å². The van der Waals surface area contributed by atoms with E-state index >= 15 is 0 Å². The molecule has 1 N–H and O–H groups in total. The maximum Gasteiger partial charge on any atom is 0.327 e. The molecule has 2 heterocycles. The zero-order valence-electron chi connectivity index (χ0n) is 11.6. The molecule has 0 amide bonds. The quantitative estimate of drug-likeness (QED) is 0.900. The molecule has 0 radical (unpaired) electrons. The highest BCUT2D eigenvalue weighted by Crippen LogP contribution is 2.27. The van der Waals surface area contributed by atoms with E-state index in [-0.39, 0.29) is 11.9 Å². The van der Waals surface area contributed by atoms with Gasteiger partial charge in [-0.2, -0.15) is 0 Å². The van der Waals surface area contributed by atoms with Gasteiger partial charge >= 0.3 is 5.69 Å². The Kier molecular flexibility index (Phi) is 3.19. The van der Waals surface area contributed by atoms with Crippen LogP contribution in [-0.2, 0) is 0 Å². The molecule has 102 valence electrons. The Bertz CT molecular complexity index is 640. The number of H-pyrrole nitrogens is 1. The van der Waals surface area contributed by atoms with Gasteiger partial charge in [0.25, 0.3) is 0 Å². The summed E-state index contributed by atoms with van der Waals surface area (Å²) in [6.07, 6.45) is 3.71. The van der Waals surface area contributed by atoms with E-state index in [0.29, 0.717) is 0 Å². The molecule has 4 nitrogen and oxygen atoms in total. The number of piperidine rings is 1. The van der Waals surface area contributed by atoms with Gasteiger partial charge in [0.2, 0.25) is 0 Å². The number of rotatable bonds is 2. The minimum absolute atomic E-state index is 0.0194. The van der Waals surface area contributed by atoms with E-state index in [4.69, 9.17) is 0 Å². The molecule has 1 aliphatic heterocycles. The van der Waals surface area contributed by atoms with E-state index in [2.05, 4.69) is 28.9 Å². The van der Waals surface area contributed by atoms with Crippen LogP contribution >= 0.6 is 0 Å². The third-order valence-corrected chi connectivity index (χ3v) is 4.16. The molecule has 1 aromatic heterocycles. The fourth-order valence-electron chi connectivity index (χ4n) is 3.18. The first-order valence-corrected chi connectivity index (χ1v) is 7.15. The van der Waals surface area contributed by atoms with Crippen molar-refractivity contribution in [1.29, 1.82) is 0 Å². The summed E-state index contributed by atoms with van der Waals surface area (Å²) in [6.45, 7) is 6.30. The van der Waals surface area contributed by atoms with Gasteiger partial charge in [0.15, 0.2) is 0 Å². The van der Waals surface area contributed by atoms with Gasteiger partial charge in [0.05, 0.1) is 17.2 Å². The first-order valence-electron chi connectivity index (χ1n) is 7.15. The highest BCUT2D eigenvalue weighted by Gasteiger charge is 2.25. The summed E-state index contributed by atoms with van der Waals surface area (Å²) in [5.41, 5.74) is 3.18. The molecule has 2 aromatic rings. The Hall–Kier alpha value is -1.55. The number of hydrogen-bond acceptors (Lipinski definition) is 2. The molecule has 4 heteroatoms. The number of likely N-dealkylation sites (tertiary alicyclic amines) is 1. The van der Waals surface area contributed by atoms with Gasteiger partial charge in [0.1, 0.15) is 0 Å². The minimum atomic E-state index is 0.0194. The van der Waals surface area contributed by atoms with E-state index < -0.39 is 0 Å². The van der Waals surface area contributed by atoms with Crippen LogP contribution < -0.4 is 5.69 Å². The number of nitrogens with one attached hydrogen (secondary N) is 1.